The summed E-state index contributed by atoms with van der Waals surface area (Å²) in [5.41, 5.74) is 10.3. The number of likely N-dealkylation sites (tertiary alicyclic amines) is 1. The maximum Gasteiger partial charge on any atom is 0.223 e. The summed E-state index contributed by atoms with van der Waals surface area (Å²) in [7, 11) is 0. The molecule has 33 heavy (non-hydrogen) atoms. The number of nitrogens with zero attached hydrogens (tertiary/aromatic N) is 5. The number of nitrogens with two attached hydrogens (primary N) is 1. The molecule has 0 radical (unpaired) electrons. The molecule has 164 valence electrons. The molecule has 1 fully saturated rings. The number of imidazole rings is 1. The first-order valence-electron chi connectivity index (χ1n) is 10.7. The standard InChI is InChI=1S/C25H23N7O/c1-3-6-16(7-4-2)17-12-22(33)31(14-17)15-21-29-23-19-9-8-18(32-11-5-10-27-32)13-20(19)28-25(26)24(23)30-21/h1,4-11,13,17H,12,14-15H2,2H3,(H2,26,28)(H,29,30)/b7-4-,16-6+. The number of aromatic nitrogens is 5. The summed E-state index contributed by atoms with van der Waals surface area (Å²) in [6.07, 6.45) is 15.1. The number of hydrogen-bond donors (Lipinski definition) is 2. The minimum absolute atomic E-state index is 0.0717. The van der Waals surface area contributed by atoms with Crippen LogP contribution in [-0.2, 0) is 11.3 Å². The Morgan fingerprint density at radius 2 is 2.27 bits per heavy atom. The third-order valence-electron chi connectivity index (χ3n) is 5.89. The summed E-state index contributed by atoms with van der Waals surface area (Å²) in [5.74, 6) is 3.74. The summed E-state index contributed by atoms with van der Waals surface area (Å²) in [4.78, 5) is 27.1. The predicted molar refractivity (Wildman–Crippen MR) is 128 cm³/mol. The lowest BCUT2D eigenvalue weighted by atomic mass is 9.97. The van der Waals surface area contributed by atoms with Crippen LogP contribution < -0.4 is 5.73 Å². The molecule has 4 heterocycles. The predicted octanol–water partition coefficient (Wildman–Crippen LogP) is 3.36. The van der Waals surface area contributed by atoms with E-state index in [9.17, 15) is 4.79 Å². The Kier molecular flexibility index (Phi) is 5.15. The number of fused-ring (bicyclic) bond motifs is 3. The van der Waals surface area contributed by atoms with E-state index in [1.54, 1.807) is 21.9 Å². The second kappa shape index (κ2) is 8.28. The molecular formula is C25H23N7O. The van der Waals surface area contributed by atoms with E-state index in [0.29, 0.717) is 36.7 Å². The summed E-state index contributed by atoms with van der Waals surface area (Å²) in [6, 6.07) is 7.76. The van der Waals surface area contributed by atoms with Gasteiger partial charge >= 0.3 is 0 Å². The molecule has 1 unspecified atom stereocenters. The van der Waals surface area contributed by atoms with Crippen LogP contribution in [0.2, 0.25) is 0 Å². The molecule has 8 heteroatoms. The minimum atomic E-state index is 0.0717. The van der Waals surface area contributed by atoms with Crippen LogP contribution in [-0.4, -0.2) is 42.1 Å². The van der Waals surface area contributed by atoms with Crippen molar-refractivity contribution in [3.05, 3.63) is 66.3 Å². The van der Waals surface area contributed by atoms with Crippen molar-refractivity contribution in [3.8, 4) is 18.0 Å². The second-order valence-corrected chi connectivity index (χ2v) is 8.04. The van der Waals surface area contributed by atoms with Crippen molar-refractivity contribution in [2.24, 2.45) is 5.92 Å². The average Bonchev–Trinajstić information content (AvgIpc) is 3.54. The Labute approximate surface area is 190 Å². The molecule has 3 aromatic heterocycles. The molecule has 4 aromatic rings. The highest BCUT2D eigenvalue weighted by Crippen LogP contribution is 2.30. The van der Waals surface area contributed by atoms with E-state index in [4.69, 9.17) is 12.2 Å². The van der Waals surface area contributed by atoms with Crippen LogP contribution >= 0.6 is 0 Å². The Balaban J connectivity index is 1.45. The Hall–Kier alpha value is -4.38. The van der Waals surface area contributed by atoms with E-state index in [-0.39, 0.29) is 11.8 Å². The minimum Gasteiger partial charge on any atom is -0.382 e. The van der Waals surface area contributed by atoms with Gasteiger partial charge in [0.15, 0.2) is 5.82 Å². The third-order valence-corrected chi connectivity index (χ3v) is 5.89. The van der Waals surface area contributed by atoms with Gasteiger partial charge in [0, 0.05) is 36.7 Å². The molecule has 0 bridgehead atoms. The molecule has 1 saturated heterocycles. The molecule has 8 nitrogen and oxygen atoms in total. The van der Waals surface area contributed by atoms with E-state index >= 15 is 0 Å². The number of allylic oxidation sites excluding steroid dienone is 3. The highest BCUT2D eigenvalue weighted by atomic mass is 16.2. The number of hydrogen-bond acceptors (Lipinski definition) is 5. The van der Waals surface area contributed by atoms with Gasteiger partial charge in [0.1, 0.15) is 11.3 Å². The van der Waals surface area contributed by atoms with Gasteiger partial charge in [-0.15, -0.1) is 6.42 Å². The molecule has 3 N–H and O–H groups in total. The molecule has 1 aromatic carbocycles. The SMILES string of the molecule is C#C/C=C(\C=C/C)C1CC(=O)N(Cc2nc3c(N)nc4cc(-n5cccn5)ccc4c3[nH]2)C1. The lowest BCUT2D eigenvalue weighted by Gasteiger charge is -2.15. The summed E-state index contributed by atoms with van der Waals surface area (Å²) in [6.45, 7) is 2.90. The number of benzene rings is 1. The van der Waals surface area contributed by atoms with Gasteiger partial charge in [-0.2, -0.15) is 5.10 Å². The molecule has 1 amide bonds. The number of anilines is 1. The Morgan fingerprint density at radius 3 is 3.03 bits per heavy atom. The van der Waals surface area contributed by atoms with E-state index < -0.39 is 0 Å². The Bertz CT molecular complexity index is 1450. The van der Waals surface area contributed by atoms with Gasteiger partial charge in [0.25, 0.3) is 0 Å². The average molecular weight is 438 g/mol. The van der Waals surface area contributed by atoms with Gasteiger partial charge in [-0.1, -0.05) is 18.1 Å². The highest BCUT2D eigenvalue weighted by Gasteiger charge is 2.31. The zero-order chi connectivity index (χ0) is 22.9. The molecule has 5 rings (SSSR count). The van der Waals surface area contributed by atoms with Crippen molar-refractivity contribution in [1.29, 1.82) is 0 Å². The number of nitrogens with one attached hydrogen (secondary N) is 1. The van der Waals surface area contributed by atoms with Crippen LogP contribution in [0.3, 0.4) is 0 Å². The number of rotatable bonds is 5. The molecular weight excluding hydrogens is 414 g/mol. The van der Waals surface area contributed by atoms with Gasteiger partial charge in [-0.25, -0.2) is 14.6 Å². The van der Waals surface area contributed by atoms with Gasteiger partial charge in [0.2, 0.25) is 5.91 Å². The summed E-state index contributed by atoms with van der Waals surface area (Å²) in [5, 5.41) is 5.18. The first-order valence-corrected chi connectivity index (χ1v) is 10.7. The molecule has 0 spiro atoms. The molecule has 1 atom stereocenters. The lowest BCUT2D eigenvalue weighted by molar-refractivity contribution is -0.128. The third kappa shape index (κ3) is 3.74. The van der Waals surface area contributed by atoms with Gasteiger partial charge in [-0.05, 0) is 42.8 Å². The maximum atomic E-state index is 12.7. The molecule has 0 saturated carbocycles. The number of H-pyrrole nitrogens is 1. The van der Waals surface area contributed by atoms with Crippen LogP contribution in [0.15, 0.2) is 60.5 Å². The van der Waals surface area contributed by atoms with Crippen molar-refractivity contribution in [2.75, 3.05) is 12.3 Å². The van der Waals surface area contributed by atoms with Crippen molar-refractivity contribution in [3.63, 3.8) is 0 Å². The number of terminal acetylenes is 1. The Morgan fingerprint density at radius 1 is 1.39 bits per heavy atom. The van der Waals surface area contributed by atoms with Crippen molar-refractivity contribution >= 4 is 33.7 Å². The van der Waals surface area contributed by atoms with Gasteiger partial charge < -0.3 is 15.6 Å². The summed E-state index contributed by atoms with van der Waals surface area (Å²) < 4.78 is 1.77. The molecule has 0 aliphatic carbocycles. The van der Waals surface area contributed by atoms with Gasteiger partial charge in [-0.3, -0.25) is 4.79 Å². The van der Waals surface area contributed by atoms with Crippen LogP contribution in [0.25, 0.3) is 27.6 Å². The van der Waals surface area contributed by atoms with E-state index in [1.807, 2.05) is 49.5 Å². The number of pyridine rings is 1. The normalized spacial score (nSPS) is 17.0. The number of carbonyl (C=O) groups excluding carboxylic acids is 1. The topological polar surface area (TPSA) is 106 Å². The highest BCUT2D eigenvalue weighted by molar-refractivity contribution is 6.06. The molecule has 1 aliphatic rings. The second-order valence-electron chi connectivity index (χ2n) is 8.04. The maximum absolute atomic E-state index is 12.7. The fourth-order valence-corrected chi connectivity index (χ4v) is 4.37. The largest absolute Gasteiger partial charge is 0.382 e. The van der Waals surface area contributed by atoms with Gasteiger partial charge in [0.05, 0.1) is 23.3 Å². The monoisotopic (exact) mass is 437 g/mol. The number of aromatic amines is 1. The molecule has 1 aliphatic heterocycles. The van der Waals surface area contributed by atoms with Crippen LogP contribution in [0.4, 0.5) is 5.82 Å². The van der Waals surface area contributed by atoms with E-state index in [0.717, 1.165) is 27.7 Å². The van der Waals surface area contributed by atoms with Crippen LogP contribution in [0.5, 0.6) is 0 Å². The fraction of sp³-hybridized carbons (Fsp3) is 0.200. The number of carbonyl (C=O) groups is 1. The van der Waals surface area contributed by atoms with Crippen molar-refractivity contribution in [1.82, 2.24) is 29.6 Å². The smallest absolute Gasteiger partial charge is 0.223 e. The number of amides is 1. The first kappa shape index (κ1) is 20.5. The van der Waals surface area contributed by atoms with Crippen LogP contribution in [0, 0.1) is 18.3 Å². The summed E-state index contributed by atoms with van der Waals surface area (Å²) >= 11 is 0. The lowest BCUT2D eigenvalue weighted by Crippen LogP contribution is -2.25. The zero-order valence-electron chi connectivity index (χ0n) is 18.2. The first-order chi connectivity index (χ1) is 16.1. The fourth-order valence-electron chi connectivity index (χ4n) is 4.37. The van der Waals surface area contributed by atoms with Crippen LogP contribution in [0.1, 0.15) is 19.2 Å². The van der Waals surface area contributed by atoms with Crippen molar-refractivity contribution in [2.45, 2.75) is 19.9 Å². The number of nitrogen functional groups attached to an aromatic ring is 1. The van der Waals surface area contributed by atoms with E-state index in [1.165, 1.54) is 0 Å². The quantitative estimate of drug-likeness (QED) is 0.368. The van der Waals surface area contributed by atoms with E-state index in [2.05, 4.69) is 26.0 Å². The van der Waals surface area contributed by atoms with Crippen molar-refractivity contribution < 1.29 is 4.79 Å². The zero-order valence-corrected chi connectivity index (χ0v) is 18.2.